The summed E-state index contributed by atoms with van der Waals surface area (Å²) in [7, 11) is 1.53. The quantitative estimate of drug-likeness (QED) is 0.638. The van der Waals surface area contributed by atoms with Gasteiger partial charge in [-0.25, -0.2) is 4.39 Å². The first-order valence-corrected chi connectivity index (χ1v) is 8.48. The molecule has 2 aromatic carbocycles. The second kappa shape index (κ2) is 8.25. The van der Waals surface area contributed by atoms with Gasteiger partial charge >= 0.3 is 0 Å². The number of hydrogen-bond acceptors (Lipinski definition) is 4. The monoisotopic (exact) mass is 375 g/mol. The molecule has 136 valence electrons. The smallest absolute Gasteiger partial charge is 0.180 e. The van der Waals surface area contributed by atoms with E-state index in [2.05, 4.69) is 0 Å². The Morgan fingerprint density at radius 1 is 1.19 bits per heavy atom. The van der Waals surface area contributed by atoms with Gasteiger partial charge in [-0.05, 0) is 42.3 Å². The molecular formula is C20H19ClFNO3. The maximum Gasteiger partial charge on any atom is 0.180 e. The van der Waals surface area contributed by atoms with Crippen LogP contribution in [0.4, 0.5) is 4.39 Å². The van der Waals surface area contributed by atoms with Crippen LogP contribution in [0.2, 0.25) is 5.02 Å². The van der Waals surface area contributed by atoms with Gasteiger partial charge < -0.3 is 19.6 Å². The molecular weight excluding hydrogens is 357 g/mol. The van der Waals surface area contributed by atoms with Crippen LogP contribution in [0.15, 0.2) is 59.2 Å². The zero-order valence-corrected chi connectivity index (χ0v) is 15.0. The minimum atomic E-state index is -0.330. The predicted octanol–water partition coefficient (Wildman–Crippen LogP) is 4.90. The third kappa shape index (κ3) is 4.18. The average Bonchev–Trinajstić information content (AvgIpc) is 3.16. The van der Waals surface area contributed by atoms with Crippen molar-refractivity contribution in [3.63, 3.8) is 0 Å². The highest BCUT2D eigenvalue weighted by Gasteiger charge is 2.16. The van der Waals surface area contributed by atoms with E-state index in [1.165, 1.54) is 13.2 Å². The third-order valence-electron chi connectivity index (χ3n) is 3.98. The summed E-state index contributed by atoms with van der Waals surface area (Å²) in [6.45, 7) is 0.0496. The fraction of sp³-hybridized carbons (Fsp3) is 0.200. The molecule has 1 unspecified atom stereocenters. The highest BCUT2D eigenvalue weighted by atomic mass is 35.5. The van der Waals surface area contributed by atoms with Crippen LogP contribution in [0.1, 0.15) is 22.9 Å². The first-order valence-electron chi connectivity index (χ1n) is 8.10. The van der Waals surface area contributed by atoms with Crippen molar-refractivity contribution >= 4 is 11.6 Å². The number of rotatable bonds is 7. The van der Waals surface area contributed by atoms with Crippen molar-refractivity contribution in [1.29, 1.82) is 0 Å². The molecule has 1 aromatic heterocycles. The Labute approximate surface area is 156 Å². The van der Waals surface area contributed by atoms with Crippen molar-refractivity contribution in [2.75, 3.05) is 7.11 Å². The number of benzene rings is 2. The van der Waals surface area contributed by atoms with Crippen LogP contribution in [-0.2, 0) is 13.0 Å². The summed E-state index contributed by atoms with van der Waals surface area (Å²) in [5.74, 6) is 1.20. The first kappa shape index (κ1) is 18.3. The Kier molecular flexibility index (Phi) is 5.81. The summed E-state index contributed by atoms with van der Waals surface area (Å²) in [5, 5.41) is 0.377. The van der Waals surface area contributed by atoms with Crippen LogP contribution >= 0.6 is 11.6 Å². The summed E-state index contributed by atoms with van der Waals surface area (Å²) in [6, 6.07) is 13.3. The SMILES string of the molecule is COc1cc(CC(N)c2ccco2)cc(Cl)c1OCc1ccccc1F. The van der Waals surface area contributed by atoms with Crippen molar-refractivity contribution < 1.29 is 18.3 Å². The summed E-state index contributed by atoms with van der Waals surface area (Å²) in [5.41, 5.74) is 7.47. The van der Waals surface area contributed by atoms with E-state index in [9.17, 15) is 4.39 Å². The minimum absolute atomic E-state index is 0.0496. The van der Waals surface area contributed by atoms with E-state index in [0.29, 0.717) is 34.3 Å². The van der Waals surface area contributed by atoms with Gasteiger partial charge in [-0.2, -0.15) is 0 Å². The lowest BCUT2D eigenvalue weighted by molar-refractivity contribution is 0.279. The van der Waals surface area contributed by atoms with Crippen LogP contribution < -0.4 is 15.2 Å². The van der Waals surface area contributed by atoms with Gasteiger partial charge in [-0.1, -0.05) is 29.8 Å². The number of halogens is 2. The molecule has 0 aliphatic carbocycles. The van der Waals surface area contributed by atoms with Crippen molar-refractivity contribution in [2.24, 2.45) is 5.73 Å². The zero-order valence-electron chi connectivity index (χ0n) is 14.2. The minimum Gasteiger partial charge on any atom is -0.493 e. The second-order valence-electron chi connectivity index (χ2n) is 5.82. The van der Waals surface area contributed by atoms with Crippen LogP contribution in [-0.4, -0.2) is 7.11 Å². The average molecular weight is 376 g/mol. The van der Waals surface area contributed by atoms with Crippen molar-refractivity contribution in [1.82, 2.24) is 0 Å². The summed E-state index contributed by atoms with van der Waals surface area (Å²) >= 11 is 6.36. The molecule has 0 amide bonds. The molecule has 0 fully saturated rings. The highest BCUT2D eigenvalue weighted by Crippen LogP contribution is 2.38. The normalized spacial score (nSPS) is 12.0. The van der Waals surface area contributed by atoms with Gasteiger partial charge in [-0.15, -0.1) is 0 Å². The van der Waals surface area contributed by atoms with E-state index in [0.717, 1.165) is 5.56 Å². The van der Waals surface area contributed by atoms with Crippen LogP contribution in [0, 0.1) is 5.82 Å². The molecule has 2 N–H and O–H groups in total. The van der Waals surface area contributed by atoms with E-state index >= 15 is 0 Å². The van der Waals surface area contributed by atoms with Gasteiger partial charge in [0, 0.05) is 5.56 Å². The number of ether oxygens (including phenoxy) is 2. The molecule has 26 heavy (non-hydrogen) atoms. The van der Waals surface area contributed by atoms with E-state index in [1.54, 1.807) is 36.6 Å². The van der Waals surface area contributed by atoms with Gasteiger partial charge in [0.1, 0.15) is 18.2 Å². The van der Waals surface area contributed by atoms with Gasteiger partial charge in [0.25, 0.3) is 0 Å². The largest absolute Gasteiger partial charge is 0.493 e. The molecule has 0 bridgehead atoms. The molecule has 0 spiro atoms. The van der Waals surface area contributed by atoms with Crippen molar-refractivity contribution in [3.8, 4) is 11.5 Å². The van der Waals surface area contributed by atoms with E-state index in [4.69, 9.17) is 31.2 Å². The second-order valence-corrected chi connectivity index (χ2v) is 6.22. The lowest BCUT2D eigenvalue weighted by Gasteiger charge is -2.16. The van der Waals surface area contributed by atoms with E-state index in [-0.39, 0.29) is 18.5 Å². The van der Waals surface area contributed by atoms with Crippen LogP contribution in [0.5, 0.6) is 11.5 Å². The topological polar surface area (TPSA) is 57.6 Å². The summed E-state index contributed by atoms with van der Waals surface area (Å²) in [4.78, 5) is 0. The first-order chi connectivity index (χ1) is 12.6. The Morgan fingerprint density at radius 2 is 2.00 bits per heavy atom. The Morgan fingerprint density at radius 3 is 2.69 bits per heavy atom. The molecule has 0 saturated carbocycles. The summed E-state index contributed by atoms with van der Waals surface area (Å²) in [6.07, 6.45) is 2.11. The number of nitrogens with two attached hydrogens (primary N) is 1. The van der Waals surface area contributed by atoms with Gasteiger partial charge in [0.05, 0.1) is 24.4 Å². The van der Waals surface area contributed by atoms with E-state index in [1.807, 2.05) is 12.1 Å². The fourth-order valence-corrected chi connectivity index (χ4v) is 2.94. The fourth-order valence-electron chi connectivity index (χ4n) is 2.65. The number of furan rings is 1. The van der Waals surface area contributed by atoms with Crippen LogP contribution in [0.25, 0.3) is 0 Å². The predicted molar refractivity (Wildman–Crippen MR) is 98.1 cm³/mol. The molecule has 1 heterocycles. The van der Waals surface area contributed by atoms with Gasteiger partial charge in [-0.3, -0.25) is 0 Å². The van der Waals surface area contributed by atoms with Gasteiger partial charge in [0.2, 0.25) is 0 Å². The molecule has 4 nitrogen and oxygen atoms in total. The molecule has 0 saturated heterocycles. The summed E-state index contributed by atoms with van der Waals surface area (Å²) < 4.78 is 30.2. The zero-order chi connectivity index (χ0) is 18.5. The molecule has 1 atom stereocenters. The molecule has 0 aliphatic heterocycles. The van der Waals surface area contributed by atoms with Crippen molar-refractivity contribution in [2.45, 2.75) is 19.1 Å². The number of hydrogen-bond donors (Lipinski definition) is 1. The Hall–Kier alpha value is -2.50. The third-order valence-corrected chi connectivity index (χ3v) is 4.26. The lowest BCUT2D eigenvalue weighted by Crippen LogP contribution is -2.12. The highest BCUT2D eigenvalue weighted by molar-refractivity contribution is 6.32. The van der Waals surface area contributed by atoms with E-state index < -0.39 is 0 Å². The lowest BCUT2D eigenvalue weighted by atomic mass is 10.0. The standard InChI is InChI=1S/C20H19ClFNO3/c1-24-19-11-13(10-17(23)18-7-4-8-25-18)9-15(21)20(19)26-12-14-5-2-3-6-16(14)22/h2-9,11,17H,10,12,23H2,1H3. The van der Waals surface area contributed by atoms with Crippen LogP contribution in [0.3, 0.4) is 0 Å². The van der Waals surface area contributed by atoms with Gasteiger partial charge in [0.15, 0.2) is 11.5 Å². The Balaban J connectivity index is 1.77. The molecule has 6 heteroatoms. The molecule has 3 aromatic rings. The maximum absolute atomic E-state index is 13.8. The Bertz CT molecular complexity index is 867. The van der Waals surface area contributed by atoms with Crippen molar-refractivity contribution in [3.05, 3.63) is 82.5 Å². The maximum atomic E-state index is 13.8. The molecule has 3 rings (SSSR count). The molecule has 0 radical (unpaired) electrons. The molecule has 0 aliphatic rings. The number of methoxy groups -OCH3 is 1.